The number of hydrogen-bond acceptors (Lipinski definition) is 6. The largest absolute Gasteiger partial charge is 0.479 e. The number of oxazole rings is 1. The molecule has 198 valence electrons. The molecule has 0 spiro atoms. The number of hydrogen-bond donors (Lipinski definition) is 2. The van der Waals surface area contributed by atoms with Gasteiger partial charge >= 0.3 is 5.97 Å². The van der Waals surface area contributed by atoms with E-state index in [-0.39, 0.29) is 12.0 Å². The standard InChI is InChI=1S/C31H35N3O4/c35-23-26(15-8-13-25-14-9-18-32-22-25)31(30(36)37,34-19-7-6-12-24-10-2-1-3-11-24)28-17-5-4-16-27(28)29-33-20-21-38-29/h4-5,8-9,13-14,16-18,20-22,24,34H,1-3,6-7,10-12,15,19H2,(H,36,37). The van der Waals surface area contributed by atoms with Crippen molar-refractivity contribution in [3.05, 3.63) is 84.0 Å². The number of rotatable bonds is 13. The maximum Gasteiger partial charge on any atom is 0.333 e. The summed E-state index contributed by atoms with van der Waals surface area (Å²) in [6, 6.07) is 10.7. The molecule has 2 N–H and O–H groups in total. The highest BCUT2D eigenvalue weighted by atomic mass is 16.4. The minimum Gasteiger partial charge on any atom is -0.479 e. The topological polar surface area (TPSA) is 105 Å². The molecule has 1 atom stereocenters. The first-order chi connectivity index (χ1) is 18.6. The number of benzene rings is 1. The molecule has 0 saturated heterocycles. The van der Waals surface area contributed by atoms with E-state index >= 15 is 0 Å². The summed E-state index contributed by atoms with van der Waals surface area (Å²) in [5, 5.41) is 14.0. The van der Waals surface area contributed by atoms with Crippen LogP contribution < -0.4 is 5.32 Å². The summed E-state index contributed by atoms with van der Waals surface area (Å²) in [7, 11) is 0. The molecule has 1 aromatic carbocycles. The van der Waals surface area contributed by atoms with Crippen LogP contribution in [0.25, 0.3) is 17.5 Å². The molecule has 1 aliphatic rings. The van der Waals surface area contributed by atoms with Gasteiger partial charge in [0.1, 0.15) is 12.2 Å². The number of nitrogens with zero attached hydrogens (tertiary/aromatic N) is 2. The van der Waals surface area contributed by atoms with Crippen LogP contribution in [0.2, 0.25) is 0 Å². The van der Waals surface area contributed by atoms with Crippen LogP contribution >= 0.6 is 0 Å². The van der Waals surface area contributed by atoms with Crippen LogP contribution in [0.15, 0.2) is 77.3 Å². The van der Waals surface area contributed by atoms with E-state index in [9.17, 15) is 14.7 Å². The first kappa shape index (κ1) is 27.2. The third-order valence-electron chi connectivity index (χ3n) is 7.36. The Kier molecular flexibility index (Phi) is 9.79. The average Bonchev–Trinajstić information content (AvgIpc) is 3.50. The van der Waals surface area contributed by atoms with E-state index in [0.717, 1.165) is 30.7 Å². The Morgan fingerprint density at radius 2 is 1.97 bits per heavy atom. The molecule has 0 radical (unpaired) electrons. The highest BCUT2D eigenvalue weighted by Gasteiger charge is 2.46. The van der Waals surface area contributed by atoms with Crippen molar-refractivity contribution in [3.63, 3.8) is 0 Å². The van der Waals surface area contributed by atoms with E-state index in [1.807, 2.05) is 24.2 Å². The van der Waals surface area contributed by atoms with Crippen LogP contribution in [0, 0.1) is 5.92 Å². The third kappa shape index (κ3) is 6.55. The zero-order valence-corrected chi connectivity index (χ0v) is 21.6. The van der Waals surface area contributed by atoms with Crippen molar-refractivity contribution in [2.75, 3.05) is 6.54 Å². The number of allylic oxidation sites excluding steroid dienone is 1. The Morgan fingerprint density at radius 3 is 2.68 bits per heavy atom. The summed E-state index contributed by atoms with van der Waals surface area (Å²) in [6.45, 7) is 0.441. The van der Waals surface area contributed by atoms with Crippen molar-refractivity contribution in [2.24, 2.45) is 5.92 Å². The number of carbonyl (C=O) groups excluding carboxylic acids is 1. The molecule has 3 aromatic rings. The van der Waals surface area contributed by atoms with Crippen molar-refractivity contribution in [1.82, 2.24) is 15.3 Å². The molecule has 4 rings (SSSR count). The van der Waals surface area contributed by atoms with Gasteiger partial charge in [0.2, 0.25) is 5.89 Å². The zero-order chi connectivity index (χ0) is 26.6. The Morgan fingerprint density at radius 1 is 1.13 bits per heavy atom. The summed E-state index contributed by atoms with van der Waals surface area (Å²) in [5.74, 6) is 1.87. The molecule has 1 saturated carbocycles. The predicted molar refractivity (Wildman–Crippen MR) is 147 cm³/mol. The Balaban J connectivity index is 1.62. The second kappa shape index (κ2) is 13.7. The molecule has 1 fully saturated rings. The summed E-state index contributed by atoms with van der Waals surface area (Å²) < 4.78 is 5.54. The van der Waals surface area contributed by atoms with Crippen LogP contribution in [0.1, 0.15) is 68.9 Å². The minimum atomic E-state index is -1.79. The highest BCUT2D eigenvalue weighted by Crippen LogP contribution is 2.38. The van der Waals surface area contributed by atoms with Gasteiger partial charge in [-0.25, -0.2) is 14.6 Å². The van der Waals surface area contributed by atoms with E-state index in [4.69, 9.17) is 4.42 Å². The summed E-state index contributed by atoms with van der Waals surface area (Å²) in [5.41, 5.74) is 0.0524. The van der Waals surface area contributed by atoms with Crippen LogP contribution in [0.3, 0.4) is 0 Å². The van der Waals surface area contributed by atoms with E-state index in [0.29, 0.717) is 23.6 Å². The fourth-order valence-electron chi connectivity index (χ4n) is 5.41. The average molecular weight is 514 g/mol. The van der Waals surface area contributed by atoms with Crippen LogP contribution in [-0.4, -0.2) is 33.5 Å². The number of aromatic nitrogens is 2. The van der Waals surface area contributed by atoms with Gasteiger partial charge in [-0.15, -0.1) is 0 Å². The van der Waals surface area contributed by atoms with Crippen molar-refractivity contribution in [1.29, 1.82) is 0 Å². The zero-order valence-electron chi connectivity index (χ0n) is 21.6. The molecule has 7 heteroatoms. The van der Waals surface area contributed by atoms with Crippen LogP contribution in [0.4, 0.5) is 0 Å². The maximum atomic E-state index is 13.1. The molecule has 2 aromatic heterocycles. The minimum absolute atomic E-state index is 0.0800. The summed E-state index contributed by atoms with van der Waals surface area (Å²) >= 11 is 0. The van der Waals surface area contributed by atoms with E-state index < -0.39 is 11.5 Å². The second-order valence-corrected chi connectivity index (χ2v) is 9.84. The molecule has 0 amide bonds. The fraction of sp³-hybridized carbons (Fsp3) is 0.387. The van der Waals surface area contributed by atoms with Gasteiger partial charge < -0.3 is 9.52 Å². The van der Waals surface area contributed by atoms with Crippen molar-refractivity contribution in [3.8, 4) is 11.5 Å². The SMILES string of the molecule is O=C=C(CC=Cc1cccnc1)C(NCCCCC1CCCCC1)(C(=O)O)c1ccccc1-c1ncco1. The van der Waals surface area contributed by atoms with Crippen molar-refractivity contribution in [2.45, 2.75) is 63.3 Å². The normalized spacial score (nSPS) is 15.7. The number of nitrogens with one attached hydrogen (secondary N) is 1. The first-order valence-electron chi connectivity index (χ1n) is 13.4. The third-order valence-corrected chi connectivity index (χ3v) is 7.36. The number of carboxylic acid groups (broad SMARTS) is 1. The number of pyridine rings is 1. The molecule has 1 aliphatic carbocycles. The van der Waals surface area contributed by atoms with Crippen molar-refractivity contribution < 1.29 is 19.1 Å². The lowest BCUT2D eigenvalue weighted by atomic mass is 9.78. The summed E-state index contributed by atoms with van der Waals surface area (Å²) in [6.07, 6.45) is 19.5. The number of aliphatic carboxylic acids is 1. The van der Waals surface area contributed by atoms with Gasteiger partial charge in [0, 0.05) is 29.9 Å². The predicted octanol–water partition coefficient (Wildman–Crippen LogP) is 6.22. The van der Waals surface area contributed by atoms with Gasteiger partial charge in [-0.05, 0) is 36.6 Å². The smallest absolute Gasteiger partial charge is 0.333 e. The quantitative estimate of drug-likeness (QED) is 0.206. The Bertz CT molecular complexity index is 1240. The number of carboxylic acids is 1. The van der Waals surface area contributed by atoms with E-state index in [1.54, 1.807) is 42.7 Å². The van der Waals surface area contributed by atoms with E-state index in [2.05, 4.69) is 15.3 Å². The monoisotopic (exact) mass is 513 g/mol. The maximum absolute atomic E-state index is 13.1. The van der Waals surface area contributed by atoms with Gasteiger partial charge in [0.15, 0.2) is 5.54 Å². The summed E-state index contributed by atoms with van der Waals surface area (Å²) in [4.78, 5) is 33.9. The Hall–Kier alpha value is -3.80. The van der Waals surface area contributed by atoms with Gasteiger partial charge in [-0.3, -0.25) is 10.3 Å². The molecule has 0 aliphatic heterocycles. The van der Waals surface area contributed by atoms with E-state index in [1.165, 1.54) is 44.6 Å². The van der Waals surface area contributed by atoms with Crippen LogP contribution in [0.5, 0.6) is 0 Å². The molecule has 2 heterocycles. The molecule has 1 unspecified atom stereocenters. The molecule has 0 bridgehead atoms. The lowest BCUT2D eigenvalue weighted by molar-refractivity contribution is -0.143. The molecular weight excluding hydrogens is 478 g/mol. The van der Waals surface area contributed by atoms with Crippen molar-refractivity contribution >= 4 is 18.0 Å². The van der Waals surface area contributed by atoms with Gasteiger partial charge in [-0.1, -0.05) is 81.4 Å². The molecule has 7 nitrogen and oxygen atoms in total. The van der Waals surface area contributed by atoms with Crippen LogP contribution in [-0.2, 0) is 15.1 Å². The molecular formula is C31H35N3O4. The number of carbonyl (C=O) groups is 1. The van der Waals surface area contributed by atoms with Gasteiger partial charge in [0.05, 0.1) is 11.8 Å². The Labute approximate surface area is 223 Å². The molecule has 38 heavy (non-hydrogen) atoms. The highest BCUT2D eigenvalue weighted by molar-refractivity contribution is 5.91. The van der Waals surface area contributed by atoms with Gasteiger partial charge in [-0.2, -0.15) is 0 Å². The fourth-order valence-corrected chi connectivity index (χ4v) is 5.41. The second-order valence-electron chi connectivity index (χ2n) is 9.84. The van der Waals surface area contributed by atoms with Gasteiger partial charge in [0.25, 0.3) is 0 Å². The first-order valence-corrected chi connectivity index (χ1v) is 13.4. The lowest BCUT2D eigenvalue weighted by Gasteiger charge is -2.33. The number of unbranched alkanes of at least 4 members (excludes halogenated alkanes) is 1. The lowest BCUT2D eigenvalue weighted by Crippen LogP contribution is -2.51.